The number of ketones is 1. The summed E-state index contributed by atoms with van der Waals surface area (Å²) in [5, 5.41) is 11.0. The number of hydrogen-bond donors (Lipinski definition) is 1. The lowest BCUT2D eigenvalue weighted by atomic mass is 9.64. The number of benzene rings is 2. The van der Waals surface area contributed by atoms with Gasteiger partial charge in [0.15, 0.2) is 5.78 Å². The van der Waals surface area contributed by atoms with E-state index >= 15 is 0 Å². The number of hydrogen-bond acceptors (Lipinski definition) is 2. The molecule has 1 fully saturated rings. The second-order valence-corrected chi connectivity index (χ2v) is 7.89. The van der Waals surface area contributed by atoms with E-state index in [2.05, 4.69) is 18.2 Å². The number of aliphatic hydroxyl groups excluding tert-OH is 1. The number of halogens is 1. The molecule has 2 aromatic rings. The molecule has 130 valence electrons. The molecule has 0 bridgehead atoms. The molecule has 0 saturated heterocycles. The minimum absolute atomic E-state index is 0.00512. The molecule has 4 atom stereocenters. The first-order valence-corrected chi connectivity index (χ1v) is 9.57. The Balaban J connectivity index is 1.66. The molecule has 2 aliphatic carbocycles. The van der Waals surface area contributed by atoms with Crippen molar-refractivity contribution in [1.82, 2.24) is 0 Å². The molecule has 0 amide bonds. The van der Waals surface area contributed by atoms with Crippen molar-refractivity contribution in [2.24, 2.45) is 11.8 Å². The number of aliphatic hydroxyl groups is 1. The van der Waals surface area contributed by atoms with Crippen LogP contribution in [0, 0.1) is 11.8 Å². The summed E-state index contributed by atoms with van der Waals surface area (Å²) in [6, 6.07) is 16.0. The summed E-state index contributed by atoms with van der Waals surface area (Å²) < 4.78 is 0. The Hall–Kier alpha value is -1.64. The van der Waals surface area contributed by atoms with Crippen molar-refractivity contribution in [3.63, 3.8) is 0 Å². The number of fused-ring (bicyclic) bond motifs is 1. The van der Waals surface area contributed by atoms with Crippen LogP contribution in [0.15, 0.2) is 48.5 Å². The van der Waals surface area contributed by atoms with Gasteiger partial charge in [0, 0.05) is 16.5 Å². The third-order valence-electron chi connectivity index (χ3n) is 6.03. The minimum atomic E-state index is -0.293. The van der Waals surface area contributed by atoms with Crippen molar-refractivity contribution in [3.8, 4) is 0 Å². The van der Waals surface area contributed by atoms with Gasteiger partial charge in [-0.25, -0.2) is 0 Å². The summed E-state index contributed by atoms with van der Waals surface area (Å²) in [6.45, 7) is 0. The fraction of sp³-hybridized carbons (Fsp3) is 0.409. The Labute approximate surface area is 153 Å². The molecule has 3 heteroatoms. The topological polar surface area (TPSA) is 37.3 Å². The molecule has 2 nitrogen and oxygen atoms in total. The monoisotopic (exact) mass is 354 g/mol. The molecule has 0 heterocycles. The van der Waals surface area contributed by atoms with Crippen LogP contribution in [0.4, 0.5) is 0 Å². The lowest BCUT2D eigenvalue weighted by Gasteiger charge is -2.40. The summed E-state index contributed by atoms with van der Waals surface area (Å²) in [5.74, 6) is 0.788. The van der Waals surface area contributed by atoms with E-state index in [0.717, 1.165) is 36.3 Å². The number of rotatable bonds is 2. The average molecular weight is 355 g/mol. The van der Waals surface area contributed by atoms with Crippen LogP contribution in [0.5, 0.6) is 0 Å². The zero-order valence-corrected chi connectivity index (χ0v) is 15.0. The van der Waals surface area contributed by atoms with Crippen LogP contribution in [-0.4, -0.2) is 17.0 Å². The second-order valence-electron chi connectivity index (χ2n) is 7.46. The van der Waals surface area contributed by atoms with Gasteiger partial charge in [-0.2, -0.15) is 0 Å². The van der Waals surface area contributed by atoms with Crippen LogP contribution >= 0.6 is 11.6 Å². The Morgan fingerprint density at radius 2 is 1.68 bits per heavy atom. The summed E-state index contributed by atoms with van der Waals surface area (Å²) in [7, 11) is 0. The Morgan fingerprint density at radius 3 is 2.48 bits per heavy atom. The molecule has 4 rings (SSSR count). The molecule has 2 aromatic carbocycles. The van der Waals surface area contributed by atoms with Crippen molar-refractivity contribution >= 4 is 17.4 Å². The highest BCUT2D eigenvalue weighted by molar-refractivity contribution is 6.30. The molecule has 1 N–H and O–H groups in total. The lowest BCUT2D eigenvalue weighted by Crippen LogP contribution is -2.37. The van der Waals surface area contributed by atoms with E-state index in [1.165, 1.54) is 11.1 Å². The summed E-state index contributed by atoms with van der Waals surface area (Å²) in [5.41, 5.74) is 3.30. The zero-order chi connectivity index (χ0) is 17.4. The van der Waals surface area contributed by atoms with Gasteiger partial charge < -0.3 is 5.11 Å². The SMILES string of the molecule is O=C1c2ccccc2CCC1C1CC(O)CCC1c1ccc(Cl)cc1. The fourth-order valence-electron chi connectivity index (χ4n) is 4.78. The smallest absolute Gasteiger partial charge is 0.166 e. The number of carbonyl (C=O) groups excluding carboxylic acids is 1. The van der Waals surface area contributed by atoms with Crippen molar-refractivity contribution in [1.29, 1.82) is 0 Å². The van der Waals surface area contributed by atoms with Gasteiger partial charge in [0.25, 0.3) is 0 Å². The van der Waals surface area contributed by atoms with Gasteiger partial charge >= 0.3 is 0 Å². The van der Waals surface area contributed by atoms with E-state index in [1.54, 1.807) is 0 Å². The van der Waals surface area contributed by atoms with Gasteiger partial charge in [-0.1, -0.05) is 48.0 Å². The van der Waals surface area contributed by atoms with Crippen molar-refractivity contribution < 1.29 is 9.90 Å². The maximum atomic E-state index is 13.2. The van der Waals surface area contributed by atoms with Gasteiger partial charge in [0.2, 0.25) is 0 Å². The van der Waals surface area contributed by atoms with Crippen LogP contribution in [-0.2, 0) is 6.42 Å². The van der Waals surface area contributed by atoms with Gasteiger partial charge in [0.05, 0.1) is 6.10 Å². The Morgan fingerprint density at radius 1 is 0.920 bits per heavy atom. The van der Waals surface area contributed by atoms with Crippen LogP contribution in [0.3, 0.4) is 0 Å². The van der Waals surface area contributed by atoms with Gasteiger partial charge in [0.1, 0.15) is 0 Å². The number of aryl methyl sites for hydroxylation is 1. The van der Waals surface area contributed by atoms with Crippen LogP contribution < -0.4 is 0 Å². The third kappa shape index (κ3) is 3.26. The van der Waals surface area contributed by atoms with E-state index in [4.69, 9.17) is 11.6 Å². The van der Waals surface area contributed by atoms with Gasteiger partial charge in [-0.05, 0) is 67.2 Å². The van der Waals surface area contributed by atoms with Crippen LogP contribution in [0.25, 0.3) is 0 Å². The average Bonchev–Trinajstić information content (AvgIpc) is 2.63. The zero-order valence-electron chi connectivity index (χ0n) is 14.2. The van der Waals surface area contributed by atoms with E-state index < -0.39 is 0 Å². The summed E-state index contributed by atoms with van der Waals surface area (Å²) >= 11 is 6.04. The quantitative estimate of drug-likeness (QED) is 0.821. The van der Waals surface area contributed by atoms with Crippen LogP contribution in [0.2, 0.25) is 5.02 Å². The Bertz CT molecular complexity index is 768. The molecule has 1 saturated carbocycles. The molecular weight excluding hydrogens is 332 g/mol. The van der Waals surface area contributed by atoms with Gasteiger partial charge in [-0.3, -0.25) is 4.79 Å². The largest absolute Gasteiger partial charge is 0.393 e. The summed E-state index contributed by atoms with van der Waals surface area (Å²) in [4.78, 5) is 13.2. The van der Waals surface area contributed by atoms with E-state index in [-0.39, 0.29) is 23.7 Å². The van der Waals surface area contributed by atoms with E-state index in [1.807, 2.05) is 30.3 Å². The molecule has 25 heavy (non-hydrogen) atoms. The molecule has 0 radical (unpaired) electrons. The predicted octanol–water partition coefficient (Wildman–Crippen LogP) is 5.03. The molecule has 0 aromatic heterocycles. The van der Waals surface area contributed by atoms with E-state index in [0.29, 0.717) is 12.3 Å². The highest BCUT2D eigenvalue weighted by atomic mass is 35.5. The number of carbonyl (C=O) groups is 1. The third-order valence-corrected chi connectivity index (χ3v) is 6.28. The molecule has 0 spiro atoms. The molecular formula is C22H23ClO2. The van der Waals surface area contributed by atoms with E-state index in [9.17, 15) is 9.90 Å². The summed E-state index contributed by atoms with van der Waals surface area (Å²) in [6.07, 6.45) is 3.99. The fourth-order valence-corrected chi connectivity index (χ4v) is 4.91. The first-order valence-electron chi connectivity index (χ1n) is 9.19. The Kier molecular flexibility index (Phi) is 4.66. The minimum Gasteiger partial charge on any atom is -0.393 e. The second kappa shape index (κ2) is 6.93. The standard InChI is InChI=1S/C22H23ClO2/c23-16-8-5-15(6-9-16)18-12-10-17(24)13-21(18)20-11-7-14-3-1-2-4-19(14)22(20)25/h1-6,8-9,17-18,20-21,24H,7,10-13H2. The molecule has 2 aliphatic rings. The first-order chi connectivity index (χ1) is 12.1. The van der Waals surface area contributed by atoms with Crippen molar-refractivity contribution in [2.45, 2.75) is 44.1 Å². The highest BCUT2D eigenvalue weighted by Gasteiger charge is 2.41. The highest BCUT2D eigenvalue weighted by Crippen LogP contribution is 2.45. The first kappa shape index (κ1) is 16.8. The maximum Gasteiger partial charge on any atom is 0.166 e. The van der Waals surface area contributed by atoms with Gasteiger partial charge in [-0.15, -0.1) is 0 Å². The predicted molar refractivity (Wildman–Crippen MR) is 100 cm³/mol. The maximum absolute atomic E-state index is 13.2. The molecule has 0 aliphatic heterocycles. The van der Waals surface area contributed by atoms with Crippen LogP contribution in [0.1, 0.15) is 53.1 Å². The van der Waals surface area contributed by atoms with Crippen molar-refractivity contribution in [3.05, 3.63) is 70.2 Å². The lowest BCUT2D eigenvalue weighted by molar-refractivity contribution is 0.0528. The normalized spacial score (nSPS) is 29.3. The number of Topliss-reactive ketones (excluding diaryl/α,β-unsaturated/α-hetero) is 1. The van der Waals surface area contributed by atoms with Crippen molar-refractivity contribution in [2.75, 3.05) is 0 Å². The molecule has 4 unspecified atom stereocenters.